The normalized spacial score (nSPS) is 21.9. The molecule has 1 aromatic rings. The minimum atomic E-state index is -2.34. The topological polar surface area (TPSA) is 78.7 Å². The van der Waals surface area contributed by atoms with Gasteiger partial charge in [-0.05, 0) is 63.0 Å². The molecule has 2 aliphatic heterocycles. The van der Waals surface area contributed by atoms with Gasteiger partial charge in [0, 0.05) is 18.2 Å². The van der Waals surface area contributed by atoms with Crippen LogP contribution in [0.2, 0.25) is 0 Å². The van der Waals surface area contributed by atoms with Gasteiger partial charge in [0.25, 0.3) is 6.43 Å². The maximum atomic E-state index is 12.5. The van der Waals surface area contributed by atoms with Gasteiger partial charge in [-0.25, -0.2) is 8.78 Å². The molecule has 2 amide bonds. The summed E-state index contributed by atoms with van der Waals surface area (Å²) >= 11 is 0. The highest BCUT2D eigenvalue weighted by molar-refractivity contribution is 5.92. The van der Waals surface area contributed by atoms with Crippen molar-refractivity contribution in [2.45, 2.75) is 44.7 Å². The molecule has 0 aliphatic carbocycles. The van der Waals surface area contributed by atoms with Crippen molar-refractivity contribution in [3.05, 3.63) is 29.8 Å². The standard InChI is InChI=1S/C20H28F2N4O2/c21-18(22)13-25-9-6-15(7-10-25)20(28)24-16-4-1-3-14(11-16)12-26-8-2-5-17(26)19(23)27/h1,3-4,11,15,17-18H,2,5-10,12-13H2,(H2,23,27)(H,24,28)/t17-/m0/s1. The Hall–Kier alpha value is -2.06. The zero-order valence-corrected chi connectivity index (χ0v) is 15.9. The summed E-state index contributed by atoms with van der Waals surface area (Å²) in [6.45, 7) is 2.27. The van der Waals surface area contributed by atoms with Crippen molar-refractivity contribution in [1.82, 2.24) is 9.80 Å². The van der Waals surface area contributed by atoms with Crippen LogP contribution in [0.3, 0.4) is 0 Å². The molecule has 3 N–H and O–H groups in total. The van der Waals surface area contributed by atoms with Crippen molar-refractivity contribution in [3.63, 3.8) is 0 Å². The molecule has 2 aliphatic rings. The van der Waals surface area contributed by atoms with Crippen LogP contribution in [0.5, 0.6) is 0 Å². The van der Waals surface area contributed by atoms with Gasteiger partial charge in [0.15, 0.2) is 0 Å². The number of nitrogens with one attached hydrogen (secondary N) is 1. The smallest absolute Gasteiger partial charge is 0.251 e. The van der Waals surface area contributed by atoms with Gasteiger partial charge < -0.3 is 11.1 Å². The van der Waals surface area contributed by atoms with Crippen LogP contribution in [0.1, 0.15) is 31.2 Å². The molecular formula is C20H28F2N4O2. The number of alkyl halides is 2. The Labute approximate surface area is 164 Å². The Balaban J connectivity index is 1.53. The van der Waals surface area contributed by atoms with Gasteiger partial charge in [-0.15, -0.1) is 0 Å². The lowest BCUT2D eigenvalue weighted by atomic mass is 9.96. The minimum absolute atomic E-state index is 0.0648. The number of primary amides is 1. The van der Waals surface area contributed by atoms with Crippen LogP contribution in [0.4, 0.5) is 14.5 Å². The van der Waals surface area contributed by atoms with Crippen LogP contribution in [0.15, 0.2) is 24.3 Å². The van der Waals surface area contributed by atoms with E-state index in [0.717, 1.165) is 24.9 Å². The fraction of sp³-hybridized carbons (Fsp3) is 0.600. The van der Waals surface area contributed by atoms with E-state index in [0.29, 0.717) is 38.2 Å². The van der Waals surface area contributed by atoms with Gasteiger partial charge in [0.05, 0.1) is 12.6 Å². The quantitative estimate of drug-likeness (QED) is 0.742. The van der Waals surface area contributed by atoms with Gasteiger partial charge in [-0.3, -0.25) is 19.4 Å². The number of carbonyl (C=O) groups is 2. The molecular weight excluding hydrogens is 366 g/mol. The van der Waals surface area contributed by atoms with Crippen LogP contribution < -0.4 is 11.1 Å². The van der Waals surface area contributed by atoms with Crippen LogP contribution >= 0.6 is 0 Å². The SMILES string of the molecule is NC(=O)[C@@H]1CCCN1Cc1cccc(NC(=O)C2CCN(CC(F)F)CC2)c1. The third-order valence-electron chi connectivity index (χ3n) is 5.63. The number of nitrogens with two attached hydrogens (primary N) is 1. The number of anilines is 1. The van der Waals surface area contributed by atoms with Crippen molar-refractivity contribution in [2.75, 3.05) is 31.5 Å². The van der Waals surface area contributed by atoms with Gasteiger partial charge in [0.1, 0.15) is 0 Å². The van der Waals surface area contributed by atoms with E-state index < -0.39 is 6.43 Å². The second kappa shape index (κ2) is 9.43. The maximum Gasteiger partial charge on any atom is 0.251 e. The van der Waals surface area contributed by atoms with Crippen LogP contribution in [0, 0.1) is 5.92 Å². The van der Waals surface area contributed by atoms with Gasteiger partial charge in [-0.1, -0.05) is 12.1 Å². The average Bonchev–Trinajstić information content (AvgIpc) is 3.10. The lowest BCUT2D eigenvalue weighted by Gasteiger charge is -2.30. The average molecular weight is 394 g/mol. The number of piperidine rings is 1. The number of amides is 2. The molecule has 0 spiro atoms. The largest absolute Gasteiger partial charge is 0.368 e. The van der Waals surface area contributed by atoms with E-state index in [4.69, 9.17) is 5.73 Å². The van der Waals surface area contributed by atoms with Crippen molar-refractivity contribution in [2.24, 2.45) is 11.7 Å². The van der Waals surface area contributed by atoms with Crippen molar-refractivity contribution in [1.29, 1.82) is 0 Å². The number of hydrogen-bond donors (Lipinski definition) is 2. The number of benzene rings is 1. The van der Waals surface area contributed by atoms with E-state index >= 15 is 0 Å². The molecule has 0 radical (unpaired) electrons. The zero-order chi connectivity index (χ0) is 20.1. The summed E-state index contributed by atoms with van der Waals surface area (Å²) in [6.07, 6.45) is 0.584. The van der Waals surface area contributed by atoms with E-state index in [9.17, 15) is 18.4 Å². The predicted molar refractivity (Wildman–Crippen MR) is 103 cm³/mol. The first-order chi connectivity index (χ1) is 13.4. The van der Waals surface area contributed by atoms with E-state index in [1.807, 2.05) is 24.3 Å². The third kappa shape index (κ3) is 5.48. The molecule has 0 saturated carbocycles. The molecule has 154 valence electrons. The summed E-state index contributed by atoms with van der Waals surface area (Å²) in [5.74, 6) is -0.513. The predicted octanol–water partition coefficient (Wildman–Crippen LogP) is 2.05. The molecule has 0 bridgehead atoms. The Kier molecular flexibility index (Phi) is 6.96. The number of rotatable bonds is 7. The first-order valence-electron chi connectivity index (χ1n) is 9.86. The lowest BCUT2D eigenvalue weighted by molar-refractivity contribution is -0.122. The Morgan fingerprint density at radius 3 is 2.61 bits per heavy atom. The zero-order valence-electron chi connectivity index (χ0n) is 15.9. The fourth-order valence-corrected chi connectivity index (χ4v) is 4.14. The summed E-state index contributed by atoms with van der Waals surface area (Å²) in [5.41, 5.74) is 7.20. The van der Waals surface area contributed by atoms with Crippen molar-refractivity contribution >= 4 is 17.5 Å². The molecule has 2 heterocycles. The Morgan fingerprint density at radius 1 is 1.18 bits per heavy atom. The molecule has 6 nitrogen and oxygen atoms in total. The highest BCUT2D eigenvalue weighted by Crippen LogP contribution is 2.23. The second-order valence-electron chi connectivity index (χ2n) is 7.69. The van der Waals surface area contributed by atoms with Crippen LogP contribution in [-0.4, -0.2) is 60.3 Å². The highest BCUT2D eigenvalue weighted by atomic mass is 19.3. The van der Waals surface area contributed by atoms with E-state index in [2.05, 4.69) is 10.2 Å². The van der Waals surface area contributed by atoms with E-state index in [-0.39, 0.29) is 30.3 Å². The molecule has 8 heteroatoms. The highest BCUT2D eigenvalue weighted by Gasteiger charge is 2.29. The molecule has 0 unspecified atom stereocenters. The van der Waals surface area contributed by atoms with Crippen LogP contribution in [-0.2, 0) is 16.1 Å². The van der Waals surface area contributed by atoms with Gasteiger partial charge >= 0.3 is 0 Å². The number of halogens is 2. The first kappa shape index (κ1) is 20.7. The molecule has 28 heavy (non-hydrogen) atoms. The molecule has 3 rings (SSSR count). The summed E-state index contributed by atoms with van der Waals surface area (Å²) in [7, 11) is 0. The molecule has 1 atom stereocenters. The summed E-state index contributed by atoms with van der Waals surface area (Å²) < 4.78 is 24.9. The van der Waals surface area contributed by atoms with Gasteiger partial charge in [-0.2, -0.15) is 0 Å². The molecule has 2 saturated heterocycles. The van der Waals surface area contributed by atoms with E-state index in [1.54, 1.807) is 4.90 Å². The first-order valence-corrected chi connectivity index (χ1v) is 9.86. The second-order valence-corrected chi connectivity index (χ2v) is 7.69. The summed E-state index contributed by atoms with van der Waals surface area (Å²) in [6, 6.07) is 7.38. The summed E-state index contributed by atoms with van der Waals surface area (Å²) in [5, 5.41) is 2.95. The third-order valence-corrected chi connectivity index (χ3v) is 5.63. The number of nitrogens with zero attached hydrogens (tertiary/aromatic N) is 2. The number of hydrogen-bond acceptors (Lipinski definition) is 4. The lowest BCUT2D eigenvalue weighted by Crippen LogP contribution is -2.40. The van der Waals surface area contributed by atoms with E-state index in [1.165, 1.54) is 0 Å². The monoisotopic (exact) mass is 394 g/mol. The fourth-order valence-electron chi connectivity index (χ4n) is 4.14. The number of likely N-dealkylation sites (tertiary alicyclic amines) is 2. The number of carbonyl (C=O) groups excluding carboxylic acids is 2. The van der Waals surface area contributed by atoms with Crippen LogP contribution in [0.25, 0.3) is 0 Å². The Bertz CT molecular complexity index is 693. The summed E-state index contributed by atoms with van der Waals surface area (Å²) in [4.78, 5) is 27.9. The minimum Gasteiger partial charge on any atom is -0.368 e. The molecule has 0 aromatic heterocycles. The molecule has 1 aromatic carbocycles. The molecule has 2 fully saturated rings. The van der Waals surface area contributed by atoms with Crippen molar-refractivity contribution < 1.29 is 18.4 Å². The van der Waals surface area contributed by atoms with Gasteiger partial charge in [0.2, 0.25) is 11.8 Å². The Morgan fingerprint density at radius 2 is 1.93 bits per heavy atom. The maximum absolute atomic E-state index is 12.5. The van der Waals surface area contributed by atoms with Crippen molar-refractivity contribution in [3.8, 4) is 0 Å².